The normalized spacial score (nSPS) is 51.5. The summed E-state index contributed by atoms with van der Waals surface area (Å²) >= 11 is 0. The van der Waals surface area contributed by atoms with Crippen LogP contribution in [0.25, 0.3) is 0 Å². The van der Waals surface area contributed by atoms with Crippen LogP contribution in [-0.2, 0) is 0 Å². The lowest BCUT2D eigenvalue weighted by molar-refractivity contribution is 0.147. The van der Waals surface area contributed by atoms with Crippen LogP contribution in [0.4, 0.5) is 0 Å². The Morgan fingerprint density at radius 2 is 1.93 bits per heavy atom. The zero-order valence-corrected chi connectivity index (χ0v) is 10.6. The Hall–Kier alpha value is -0.260. The zero-order chi connectivity index (χ0) is 10.8. The van der Waals surface area contributed by atoms with Gasteiger partial charge < -0.3 is 0 Å². The molecule has 0 saturated heterocycles. The van der Waals surface area contributed by atoms with Crippen molar-refractivity contribution in [3.8, 4) is 0 Å². The van der Waals surface area contributed by atoms with E-state index >= 15 is 0 Å². The second kappa shape index (κ2) is 2.70. The van der Waals surface area contributed by atoms with Gasteiger partial charge >= 0.3 is 0 Å². The molecule has 0 aliphatic heterocycles. The zero-order valence-electron chi connectivity index (χ0n) is 10.6. The van der Waals surface area contributed by atoms with E-state index < -0.39 is 0 Å². The average molecular weight is 204 g/mol. The van der Waals surface area contributed by atoms with Crippen molar-refractivity contribution >= 4 is 0 Å². The molecule has 0 unspecified atom stereocenters. The van der Waals surface area contributed by atoms with E-state index in [2.05, 4.69) is 33.8 Å². The van der Waals surface area contributed by atoms with Crippen LogP contribution in [0, 0.1) is 28.6 Å². The largest absolute Gasteiger partial charge is 0.0847 e. The molecule has 0 aromatic heterocycles. The van der Waals surface area contributed by atoms with Gasteiger partial charge in [-0.2, -0.15) is 0 Å². The second-order valence-corrected chi connectivity index (χ2v) is 6.93. The van der Waals surface area contributed by atoms with Crippen LogP contribution in [-0.4, -0.2) is 0 Å². The van der Waals surface area contributed by atoms with E-state index in [4.69, 9.17) is 0 Å². The summed E-state index contributed by atoms with van der Waals surface area (Å²) in [7, 11) is 0. The van der Waals surface area contributed by atoms with Crippen LogP contribution < -0.4 is 0 Å². The molecule has 0 aromatic carbocycles. The molecule has 0 radical (unpaired) electrons. The highest BCUT2D eigenvalue weighted by Crippen LogP contribution is 2.74. The molecular formula is C15H24. The summed E-state index contributed by atoms with van der Waals surface area (Å²) < 4.78 is 0. The molecule has 0 bridgehead atoms. The van der Waals surface area contributed by atoms with E-state index in [1.165, 1.54) is 25.7 Å². The van der Waals surface area contributed by atoms with Gasteiger partial charge in [0.05, 0.1) is 0 Å². The van der Waals surface area contributed by atoms with E-state index in [1.54, 1.807) is 0 Å². The fourth-order valence-electron chi connectivity index (χ4n) is 5.01. The van der Waals surface area contributed by atoms with Gasteiger partial charge in [-0.15, -0.1) is 0 Å². The van der Waals surface area contributed by atoms with E-state index in [0.29, 0.717) is 10.8 Å². The molecule has 84 valence electrons. The predicted octanol–water partition coefficient (Wildman–Crippen LogP) is 4.42. The van der Waals surface area contributed by atoms with E-state index in [0.717, 1.165) is 17.8 Å². The van der Waals surface area contributed by atoms with E-state index in [9.17, 15) is 0 Å². The molecule has 3 aliphatic carbocycles. The first kappa shape index (κ1) is 9.93. The second-order valence-electron chi connectivity index (χ2n) is 6.93. The summed E-state index contributed by atoms with van der Waals surface area (Å²) in [5.41, 5.74) is 3.01. The lowest BCUT2D eigenvalue weighted by Crippen LogP contribution is -2.36. The number of fused-ring (bicyclic) bond motifs is 3. The Balaban J connectivity index is 2.03. The van der Waals surface area contributed by atoms with Crippen molar-refractivity contribution in [3.63, 3.8) is 0 Å². The lowest BCUT2D eigenvalue weighted by Gasteiger charge is -2.45. The van der Waals surface area contributed by atoms with Gasteiger partial charge in [0.2, 0.25) is 0 Å². The van der Waals surface area contributed by atoms with Crippen LogP contribution in [0.15, 0.2) is 11.6 Å². The van der Waals surface area contributed by atoms with Crippen LogP contribution in [0.2, 0.25) is 0 Å². The maximum absolute atomic E-state index is 2.57. The number of rotatable bonds is 0. The molecule has 4 atom stereocenters. The molecule has 0 heterocycles. The molecule has 0 amide bonds. The van der Waals surface area contributed by atoms with Crippen molar-refractivity contribution in [1.29, 1.82) is 0 Å². The molecule has 0 heteroatoms. The number of hydrogen-bond acceptors (Lipinski definition) is 0. The molecular weight excluding hydrogens is 180 g/mol. The van der Waals surface area contributed by atoms with E-state index in [1.807, 2.05) is 5.57 Å². The molecule has 0 spiro atoms. The van der Waals surface area contributed by atoms with Gasteiger partial charge in [-0.25, -0.2) is 0 Å². The van der Waals surface area contributed by atoms with Crippen molar-refractivity contribution in [1.82, 2.24) is 0 Å². The van der Waals surface area contributed by atoms with Crippen molar-refractivity contribution < 1.29 is 0 Å². The van der Waals surface area contributed by atoms with Crippen LogP contribution in [0.1, 0.15) is 53.4 Å². The minimum absolute atomic E-state index is 0.560. The van der Waals surface area contributed by atoms with Gasteiger partial charge in [-0.1, -0.05) is 39.3 Å². The molecule has 0 nitrogen and oxygen atoms in total. The standard InChI is InChI=1S/C15H24/c1-10-6-5-7-11-8-9-12-13(14(12,2)3)15(10,11)4/h7,10,12-13H,5-6,8-9H2,1-4H3/t10-,12-,13+,15+/m1/s1. The molecule has 3 aliphatic rings. The smallest absolute Gasteiger partial charge is 0.00544 e. The Morgan fingerprint density at radius 3 is 2.67 bits per heavy atom. The Bertz CT molecular complexity index is 323. The van der Waals surface area contributed by atoms with Crippen LogP contribution in [0.3, 0.4) is 0 Å². The topological polar surface area (TPSA) is 0 Å². The highest BCUT2D eigenvalue weighted by Gasteiger charge is 2.68. The summed E-state index contributed by atoms with van der Waals surface area (Å²) in [6.07, 6.45) is 8.19. The number of hydrogen-bond donors (Lipinski definition) is 0. The Kier molecular flexibility index (Phi) is 1.79. The Morgan fingerprint density at radius 1 is 1.20 bits per heavy atom. The Labute approximate surface area is 94.1 Å². The number of allylic oxidation sites excluding steroid dienone is 2. The minimum Gasteiger partial charge on any atom is -0.0847 e. The van der Waals surface area contributed by atoms with Crippen molar-refractivity contribution in [3.05, 3.63) is 11.6 Å². The monoisotopic (exact) mass is 204 g/mol. The van der Waals surface area contributed by atoms with Gasteiger partial charge in [0.25, 0.3) is 0 Å². The third-order valence-corrected chi connectivity index (χ3v) is 6.13. The summed E-state index contributed by atoms with van der Waals surface area (Å²) in [6.45, 7) is 10.0. The predicted molar refractivity (Wildman–Crippen MR) is 64.6 cm³/mol. The molecule has 0 aromatic rings. The van der Waals surface area contributed by atoms with Gasteiger partial charge in [-0.05, 0) is 54.3 Å². The van der Waals surface area contributed by atoms with Gasteiger partial charge in [-0.3, -0.25) is 0 Å². The molecule has 15 heavy (non-hydrogen) atoms. The SMILES string of the molecule is C[C@@H]1CCC=C2CC[C@@H]3[C@@H](C3(C)C)[C@]21C. The lowest BCUT2D eigenvalue weighted by atomic mass is 9.60. The average Bonchev–Trinajstić information content (AvgIpc) is 2.73. The first-order valence-corrected chi connectivity index (χ1v) is 6.68. The molecule has 0 N–H and O–H groups in total. The third-order valence-electron chi connectivity index (χ3n) is 6.13. The minimum atomic E-state index is 0.560. The maximum atomic E-state index is 2.57. The summed E-state index contributed by atoms with van der Waals surface area (Å²) in [4.78, 5) is 0. The summed E-state index contributed by atoms with van der Waals surface area (Å²) in [6, 6.07) is 0. The highest BCUT2D eigenvalue weighted by molar-refractivity contribution is 5.31. The summed E-state index contributed by atoms with van der Waals surface area (Å²) in [5, 5.41) is 0. The first-order valence-electron chi connectivity index (χ1n) is 6.68. The highest BCUT2D eigenvalue weighted by atomic mass is 14.7. The van der Waals surface area contributed by atoms with Crippen molar-refractivity contribution in [2.45, 2.75) is 53.4 Å². The molecule has 2 fully saturated rings. The van der Waals surface area contributed by atoms with Crippen LogP contribution in [0.5, 0.6) is 0 Å². The van der Waals surface area contributed by atoms with E-state index in [-0.39, 0.29) is 0 Å². The van der Waals surface area contributed by atoms with Gasteiger partial charge in [0, 0.05) is 0 Å². The first-order chi connectivity index (χ1) is 6.99. The fraction of sp³-hybridized carbons (Fsp3) is 0.867. The summed E-state index contributed by atoms with van der Waals surface area (Å²) in [5.74, 6) is 2.92. The quantitative estimate of drug-likeness (QED) is 0.513. The van der Waals surface area contributed by atoms with Crippen LogP contribution >= 0.6 is 0 Å². The fourth-order valence-corrected chi connectivity index (χ4v) is 5.01. The van der Waals surface area contributed by atoms with Gasteiger partial charge in [0.15, 0.2) is 0 Å². The van der Waals surface area contributed by atoms with Crippen molar-refractivity contribution in [2.24, 2.45) is 28.6 Å². The molecule has 3 rings (SSSR count). The van der Waals surface area contributed by atoms with Crippen molar-refractivity contribution in [2.75, 3.05) is 0 Å². The maximum Gasteiger partial charge on any atom is -0.00544 e. The van der Waals surface area contributed by atoms with Gasteiger partial charge in [0.1, 0.15) is 0 Å². The molecule has 2 saturated carbocycles. The third kappa shape index (κ3) is 1.04.